The van der Waals surface area contributed by atoms with Gasteiger partial charge in [0.15, 0.2) is 5.13 Å². The van der Waals surface area contributed by atoms with Gasteiger partial charge < -0.3 is 19.5 Å². The molecule has 1 atom stereocenters. The minimum absolute atomic E-state index is 0.0965. The van der Waals surface area contributed by atoms with E-state index in [1.165, 1.54) is 29.7 Å². The quantitative estimate of drug-likeness (QED) is 0.369. The number of nitrogens with zero attached hydrogens (tertiary/aromatic N) is 4. The van der Waals surface area contributed by atoms with Crippen molar-refractivity contribution in [2.75, 3.05) is 35.9 Å². The topological polar surface area (TPSA) is 108 Å². The van der Waals surface area contributed by atoms with Crippen LogP contribution in [0.2, 0.25) is 5.02 Å². The molecule has 1 aliphatic heterocycles. The van der Waals surface area contributed by atoms with E-state index in [0.717, 1.165) is 16.6 Å². The number of nitrogens with one attached hydrogen (secondary N) is 1. The van der Waals surface area contributed by atoms with Crippen molar-refractivity contribution in [2.24, 2.45) is 0 Å². The predicted octanol–water partition coefficient (Wildman–Crippen LogP) is 3.26. The van der Waals surface area contributed by atoms with Gasteiger partial charge in [0.25, 0.3) is 10.0 Å². The van der Waals surface area contributed by atoms with Crippen molar-refractivity contribution >= 4 is 60.6 Å². The highest BCUT2D eigenvalue weighted by Crippen LogP contribution is 2.26. The zero-order chi connectivity index (χ0) is 25.3. The van der Waals surface area contributed by atoms with E-state index >= 15 is 0 Å². The number of amides is 1. The fourth-order valence-corrected chi connectivity index (χ4v) is 6.52. The van der Waals surface area contributed by atoms with Crippen LogP contribution in [-0.4, -0.2) is 66.2 Å². The molecule has 0 spiro atoms. The van der Waals surface area contributed by atoms with Gasteiger partial charge in [-0.15, -0.1) is 11.3 Å². The van der Waals surface area contributed by atoms with Gasteiger partial charge in [-0.25, -0.2) is 13.4 Å². The standard InChI is InChI=1S/C24H24ClN5O4S2/c25-21-3-1-2-17-8-10-29(23(17)21)15-22(32)30-12-11-28(14-19(30)16-31)18-4-6-20(7-5-18)36(33,34)27-24-26-9-13-35-24/h1-10,13,19,31H,11-12,14-16H2,(H,26,27)/t19-/m1/s1. The van der Waals surface area contributed by atoms with Crippen molar-refractivity contribution in [1.82, 2.24) is 14.5 Å². The highest BCUT2D eigenvalue weighted by Gasteiger charge is 2.30. The van der Waals surface area contributed by atoms with E-state index in [0.29, 0.717) is 29.8 Å². The summed E-state index contributed by atoms with van der Waals surface area (Å²) in [6, 6.07) is 13.7. The van der Waals surface area contributed by atoms with Gasteiger partial charge in [0.05, 0.1) is 28.1 Å². The number of anilines is 2. The Morgan fingerprint density at radius 1 is 1.17 bits per heavy atom. The van der Waals surface area contributed by atoms with Crippen molar-refractivity contribution < 1.29 is 18.3 Å². The van der Waals surface area contributed by atoms with Crippen LogP contribution in [0.15, 0.2) is 71.2 Å². The molecule has 36 heavy (non-hydrogen) atoms. The molecule has 3 heterocycles. The third-order valence-corrected chi connectivity index (χ3v) is 8.70. The molecule has 0 bridgehead atoms. The first kappa shape index (κ1) is 24.6. The van der Waals surface area contributed by atoms with E-state index in [4.69, 9.17) is 11.6 Å². The molecule has 2 N–H and O–H groups in total. The highest BCUT2D eigenvalue weighted by molar-refractivity contribution is 7.93. The highest BCUT2D eigenvalue weighted by atomic mass is 35.5. The molecule has 1 saturated heterocycles. The second-order valence-electron chi connectivity index (χ2n) is 8.43. The van der Waals surface area contributed by atoms with Gasteiger partial charge in [0.2, 0.25) is 5.91 Å². The van der Waals surface area contributed by atoms with Crippen molar-refractivity contribution in [3.63, 3.8) is 0 Å². The molecule has 9 nitrogen and oxygen atoms in total. The summed E-state index contributed by atoms with van der Waals surface area (Å²) in [6.45, 7) is 1.36. The van der Waals surface area contributed by atoms with E-state index in [-0.39, 0.29) is 24.0 Å². The molecule has 5 rings (SSSR count). The van der Waals surface area contributed by atoms with Crippen LogP contribution in [-0.2, 0) is 21.4 Å². The molecule has 188 valence electrons. The summed E-state index contributed by atoms with van der Waals surface area (Å²) in [5.41, 5.74) is 1.63. The first-order valence-corrected chi connectivity index (χ1v) is 14.0. The zero-order valence-electron chi connectivity index (χ0n) is 19.1. The monoisotopic (exact) mass is 545 g/mol. The maximum Gasteiger partial charge on any atom is 0.263 e. The van der Waals surface area contributed by atoms with Gasteiger partial charge in [0.1, 0.15) is 6.54 Å². The van der Waals surface area contributed by atoms with Crippen LogP contribution in [0.1, 0.15) is 0 Å². The summed E-state index contributed by atoms with van der Waals surface area (Å²) in [6.07, 6.45) is 3.38. The minimum Gasteiger partial charge on any atom is -0.394 e. The number of aromatic nitrogens is 2. The average Bonchev–Trinajstić information content (AvgIpc) is 3.54. The summed E-state index contributed by atoms with van der Waals surface area (Å²) in [5.74, 6) is -0.0965. The normalized spacial score (nSPS) is 16.4. The molecule has 1 fully saturated rings. The van der Waals surface area contributed by atoms with Gasteiger partial charge in [-0.05, 0) is 36.4 Å². The number of aliphatic hydroxyl groups is 1. The van der Waals surface area contributed by atoms with Crippen LogP contribution in [0, 0.1) is 0 Å². The number of fused-ring (bicyclic) bond motifs is 1. The number of hydrogen-bond acceptors (Lipinski definition) is 7. The van der Waals surface area contributed by atoms with Crippen molar-refractivity contribution in [3.05, 3.63) is 71.3 Å². The second kappa shape index (κ2) is 10.1. The Labute approximate surface area is 217 Å². The summed E-state index contributed by atoms with van der Waals surface area (Å²) in [4.78, 5) is 21.0. The molecule has 4 aromatic rings. The molecular weight excluding hydrogens is 522 g/mol. The lowest BCUT2D eigenvalue weighted by atomic mass is 10.1. The smallest absolute Gasteiger partial charge is 0.263 e. The number of piperazine rings is 1. The van der Waals surface area contributed by atoms with E-state index in [2.05, 4.69) is 9.71 Å². The largest absolute Gasteiger partial charge is 0.394 e. The number of hydrogen-bond donors (Lipinski definition) is 2. The van der Waals surface area contributed by atoms with Crippen LogP contribution in [0.25, 0.3) is 10.9 Å². The third-order valence-electron chi connectivity index (χ3n) is 6.22. The number of para-hydroxylation sites is 1. The second-order valence-corrected chi connectivity index (χ2v) is 11.4. The molecule has 12 heteroatoms. The van der Waals surface area contributed by atoms with Gasteiger partial charge in [0, 0.05) is 48.5 Å². The molecule has 1 amide bonds. The fraction of sp³-hybridized carbons (Fsp3) is 0.250. The SMILES string of the molecule is O=C(Cn1ccc2cccc(Cl)c21)N1CCN(c2ccc(S(=O)(=O)Nc3nccs3)cc2)C[C@@H]1CO. The van der Waals surface area contributed by atoms with Gasteiger partial charge in [-0.3, -0.25) is 9.52 Å². The molecule has 1 aliphatic rings. The van der Waals surface area contributed by atoms with Crippen molar-refractivity contribution in [2.45, 2.75) is 17.5 Å². The lowest BCUT2D eigenvalue weighted by molar-refractivity contribution is -0.135. The van der Waals surface area contributed by atoms with Gasteiger partial charge in [-0.1, -0.05) is 23.7 Å². The van der Waals surface area contributed by atoms with Gasteiger partial charge >= 0.3 is 0 Å². The molecule has 0 unspecified atom stereocenters. The van der Waals surface area contributed by atoms with Crippen LogP contribution < -0.4 is 9.62 Å². The van der Waals surface area contributed by atoms with E-state index < -0.39 is 16.1 Å². The number of carbonyl (C=O) groups is 1. The summed E-state index contributed by atoms with van der Waals surface area (Å²) in [5, 5.41) is 13.6. The molecule has 0 aliphatic carbocycles. The summed E-state index contributed by atoms with van der Waals surface area (Å²) < 4.78 is 29.5. The molecular formula is C24H24ClN5O4S2. The summed E-state index contributed by atoms with van der Waals surface area (Å²) >= 11 is 7.56. The molecule has 2 aromatic heterocycles. The number of sulfonamides is 1. The van der Waals surface area contributed by atoms with Crippen molar-refractivity contribution in [1.29, 1.82) is 0 Å². The number of carbonyl (C=O) groups excluding carboxylic acids is 1. The van der Waals surface area contributed by atoms with Crippen LogP contribution in [0.4, 0.5) is 10.8 Å². The number of benzene rings is 2. The minimum atomic E-state index is -3.74. The van der Waals surface area contributed by atoms with E-state index in [9.17, 15) is 18.3 Å². The van der Waals surface area contributed by atoms with Crippen LogP contribution >= 0.6 is 22.9 Å². The zero-order valence-corrected chi connectivity index (χ0v) is 21.5. The van der Waals surface area contributed by atoms with E-state index in [1.54, 1.807) is 28.5 Å². The van der Waals surface area contributed by atoms with Crippen LogP contribution in [0.5, 0.6) is 0 Å². The Morgan fingerprint density at radius 2 is 1.97 bits per heavy atom. The lowest BCUT2D eigenvalue weighted by Gasteiger charge is -2.42. The number of rotatable bonds is 7. The fourth-order valence-electron chi connectivity index (χ4n) is 4.44. The third kappa shape index (κ3) is 4.92. The summed E-state index contributed by atoms with van der Waals surface area (Å²) in [7, 11) is -3.74. The maximum atomic E-state index is 13.2. The Balaban J connectivity index is 1.26. The maximum absolute atomic E-state index is 13.2. The van der Waals surface area contributed by atoms with E-state index in [1.807, 2.05) is 33.9 Å². The Hall–Kier alpha value is -3.12. The van der Waals surface area contributed by atoms with Gasteiger partial charge in [-0.2, -0.15) is 0 Å². The lowest BCUT2D eigenvalue weighted by Crippen LogP contribution is -2.57. The number of halogens is 1. The predicted molar refractivity (Wildman–Crippen MR) is 141 cm³/mol. The first-order valence-electron chi connectivity index (χ1n) is 11.3. The van der Waals surface area contributed by atoms with Crippen LogP contribution in [0.3, 0.4) is 0 Å². The first-order chi connectivity index (χ1) is 17.4. The number of thiazole rings is 1. The molecule has 2 aromatic carbocycles. The number of aliphatic hydroxyl groups excluding tert-OH is 1. The average molecular weight is 546 g/mol. The Bertz CT molecular complexity index is 1470. The van der Waals surface area contributed by atoms with Crippen molar-refractivity contribution in [3.8, 4) is 0 Å². The Morgan fingerprint density at radius 3 is 2.69 bits per heavy atom. The molecule has 0 radical (unpaired) electrons. The molecule has 0 saturated carbocycles. The Kier molecular flexibility index (Phi) is 6.89.